The minimum atomic E-state index is -4.54. The summed E-state index contributed by atoms with van der Waals surface area (Å²) in [5.41, 5.74) is -0.551. The largest absolute Gasteiger partial charge is 0.497 e. The molecule has 4 nitrogen and oxygen atoms in total. The summed E-state index contributed by atoms with van der Waals surface area (Å²) in [6.07, 6.45) is -4.54. The van der Waals surface area contributed by atoms with Crippen LogP contribution in [0.15, 0.2) is 30.3 Å². The number of aliphatic hydroxyl groups is 1. The molecule has 7 heteroatoms. The number of aliphatic hydroxyl groups excluding tert-OH is 1. The van der Waals surface area contributed by atoms with Crippen molar-refractivity contribution in [3.63, 3.8) is 0 Å². The molecule has 1 N–H and O–H groups in total. The minimum Gasteiger partial charge on any atom is -0.497 e. The molecule has 0 fully saturated rings. The smallest absolute Gasteiger partial charge is 0.435 e. The number of benzene rings is 1. The maximum absolute atomic E-state index is 12.6. The molecule has 0 radical (unpaired) electrons. The number of methoxy groups -OCH3 is 1. The Morgan fingerprint density at radius 3 is 2.37 bits per heavy atom. The third-order valence-corrected chi connectivity index (χ3v) is 2.55. The first kappa shape index (κ1) is 13.4. The van der Waals surface area contributed by atoms with Gasteiger partial charge in [0.05, 0.1) is 25.1 Å². The van der Waals surface area contributed by atoms with Crippen LogP contribution in [0.1, 0.15) is 11.4 Å². The third-order valence-electron chi connectivity index (χ3n) is 2.55. The monoisotopic (exact) mass is 272 g/mol. The van der Waals surface area contributed by atoms with Crippen LogP contribution in [0.3, 0.4) is 0 Å². The SMILES string of the molecule is COc1ccc(-n2nc(C(F)(F)F)cc2CO)cc1. The zero-order chi connectivity index (χ0) is 14.0. The summed E-state index contributed by atoms with van der Waals surface area (Å²) < 4.78 is 43.7. The van der Waals surface area contributed by atoms with E-state index in [1.807, 2.05) is 0 Å². The average molecular weight is 272 g/mol. The van der Waals surface area contributed by atoms with Crippen LogP contribution in [0.5, 0.6) is 5.75 Å². The van der Waals surface area contributed by atoms with Crippen molar-refractivity contribution < 1.29 is 23.0 Å². The van der Waals surface area contributed by atoms with Gasteiger partial charge in [0.1, 0.15) is 5.75 Å². The Hall–Kier alpha value is -2.02. The number of aromatic nitrogens is 2. The van der Waals surface area contributed by atoms with Gasteiger partial charge in [-0.1, -0.05) is 0 Å². The average Bonchev–Trinajstić information content (AvgIpc) is 2.83. The van der Waals surface area contributed by atoms with Crippen molar-refractivity contribution in [2.75, 3.05) is 7.11 Å². The summed E-state index contributed by atoms with van der Waals surface area (Å²) in [7, 11) is 1.49. The van der Waals surface area contributed by atoms with Crippen LogP contribution >= 0.6 is 0 Å². The molecule has 0 aliphatic heterocycles. The molecular weight excluding hydrogens is 261 g/mol. The third kappa shape index (κ3) is 2.70. The van der Waals surface area contributed by atoms with Crippen LogP contribution in [0, 0.1) is 0 Å². The van der Waals surface area contributed by atoms with Crippen molar-refractivity contribution in [1.82, 2.24) is 9.78 Å². The molecule has 0 unspecified atom stereocenters. The maximum atomic E-state index is 12.6. The summed E-state index contributed by atoms with van der Waals surface area (Å²) in [6.45, 7) is -0.533. The molecule has 19 heavy (non-hydrogen) atoms. The molecular formula is C12H11F3N2O2. The van der Waals surface area contributed by atoms with Crippen LogP contribution in [0.2, 0.25) is 0 Å². The molecule has 1 aromatic heterocycles. The lowest BCUT2D eigenvalue weighted by Crippen LogP contribution is -2.07. The first-order valence-electron chi connectivity index (χ1n) is 5.37. The van der Waals surface area contributed by atoms with Crippen molar-refractivity contribution in [2.45, 2.75) is 12.8 Å². The van der Waals surface area contributed by atoms with E-state index in [0.717, 1.165) is 10.7 Å². The highest BCUT2D eigenvalue weighted by Crippen LogP contribution is 2.29. The number of hydrogen-bond donors (Lipinski definition) is 1. The van der Waals surface area contributed by atoms with Gasteiger partial charge >= 0.3 is 6.18 Å². The Balaban J connectivity index is 2.45. The molecule has 0 aliphatic rings. The van der Waals surface area contributed by atoms with Gasteiger partial charge in [0.25, 0.3) is 0 Å². The first-order chi connectivity index (χ1) is 8.95. The zero-order valence-electron chi connectivity index (χ0n) is 9.98. The molecule has 0 bridgehead atoms. The lowest BCUT2D eigenvalue weighted by Gasteiger charge is -2.06. The number of nitrogens with zero attached hydrogens (tertiary/aromatic N) is 2. The van der Waals surface area contributed by atoms with Crippen LogP contribution in [-0.4, -0.2) is 22.0 Å². The van der Waals surface area contributed by atoms with Crippen LogP contribution < -0.4 is 4.74 Å². The van der Waals surface area contributed by atoms with E-state index in [0.29, 0.717) is 11.4 Å². The van der Waals surface area contributed by atoms with E-state index in [1.165, 1.54) is 7.11 Å². The van der Waals surface area contributed by atoms with Crippen molar-refractivity contribution in [2.24, 2.45) is 0 Å². The van der Waals surface area contributed by atoms with Crippen molar-refractivity contribution >= 4 is 0 Å². The molecule has 1 heterocycles. The number of rotatable bonds is 3. The van der Waals surface area contributed by atoms with E-state index in [2.05, 4.69) is 5.10 Å². The lowest BCUT2D eigenvalue weighted by molar-refractivity contribution is -0.141. The first-order valence-corrected chi connectivity index (χ1v) is 5.37. The summed E-state index contributed by atoms with van der Waals surface area (Å²) in [6, 6.07) is 7.15. The van der Waals surface area contributed by atoms with Crippen molar-refractivity contribution in [3.8, 4) is 11.4 Å². The Bertz CT molecular complexity index is 561. The fraction of sp³-hybridized carbons (Fsp3) is 0.250. The van der Waals surface area contributed by atoms with Gasteiger partial charge in [-0.05, 0) is 30.3 Å². The second-order valence-electron chi connectivity index (χ2n) is 3.79. The van der Waals surface area contributed by atoms with Crippen molar-refractivity contribution in [1.29, 1.82) is 0 Å². The van der Waals surface area contributed by atoms with Crippen molar-refractivity contribution in [3.05, 3.63) is 41.7 Å². The highest BCUT2D eigenvalue weighted by atomic mass is 19.4. The standard InChI is InChI=1S/C12H11F3N2O2/c1-19-10-4-2-8(3-5-10)17-9(7-18)6-11(16-17)12(13,14)15/h2-6,18H,7H2,1H3. The Morgan fingerprint density at radius 1 is 1.26 bits per heavy atom. The highest BCUT2D eigenvalue weighted by molar-refractivity contribution is 5.38. The predicted octanol–water partition coefficient (Wildman–Crippen LogP) is 2.39. The summed E-state index contributed by atoms with van der Waals surface area (Å²) in [5.74, 6) is 0.581. The lowest BCUT2D eigenvalue weighted by atomic mass is 10.3. The second kappa shape index (κ2) is 4.93. The van der Waals surface area contributed by atoms with Gasteiger partial charge in [0.15, 0.2) is 5.69 Å². The Labute approximate surface area is 107 Å². The summed E-state index contributed by atoms with van der Waals surface area (Å²) >= 11 is 0. The van der Waals surface area contributed by atoms with E-state index in [1.54, 1.807) is 24.3 Å². The van der Waals surface area contributed by atoms with E-state index in [-0.39, 0.29) is 5.69 Å². The second-order valence-corrected chi connectivity index (χ2v) is 3.79. The maximum Gasteiger partial charge on any atom is 0.435 e. The molecule has 0 atom stereocenters. The molecule has 0 aliphatic carbocycles. The van der Waals surface area contributed by atoms with Crippen LogP contribution in [0.25, 0.3) is 5.69 Å². The number of alkyl halides is 3. The minimum absolute atomic E-state index is 0.0671. The number of ether oxygens (including phenoxy) is 1. The molecule has 0 amide bonds. The van der Waals surface area contributed by atoms with Gasteiger partial charge in [-0.25, -0.2) is 4.68 Å². The van der Waals surface area contributed by atoms with Gasteiger partial charge in [-0.2, -0.15) is 18.3 Å². The Morgan fingerprint density at radius 2 is 1.89 bits per heavy atom. The van der Waals surface area contributed by atoms with Gasteiger partial charge in [-0.3, -0.25) is 0 Å². The van der Waals surface area contributed by atoms with E-state index in [9.17, 15) is 13.2 Å². The Kier molecular flexibility index (Phi) is 3.48. The fourth-order valence-electron chi connectivity index (χ4n) is 1.62. The molecule has 1 aromatic carbocycles. The number of halogens is 3. The van der Waals surface area contributed by atoms with Gasteiger partial charge in [0.2, 0.25) is 0 Å². The predicted molar refractivity (Wildman–Crippen MR) is 61.0 cm³/mol. The molecule has 102 valence electrons. The van der Waals surface area contributed by atoms with Crippen LogP contribution in [0.4, 0.5) is 13.2 Å². The van der Waals surface area contributed by atoms with Crippen LogP contribution in [-0.2, 0) is 12.8 Å². The molecule has 0 saturated heterocycles. The normalized spacial score (nSPS) is 11.6. The quantitative estimate of drug-likeness (QED) is 0.933. The highest BCUT2D eigenvalue weighted by Gasteiger charge is 2.34. The van der Waals surface area contributed by atoms with E-state index >= 15 is 0 Å². The van der Waals surface area contributed by atoms with Gasteiger partial charge in [0, 0.05) is 0 Å². The van der Waals surface area contributed by atoms with Gasteiger partial charge < -0.3 is 9.84 Å². The van der Waals surface area contributed by atoms with E-state index in [4.69, 9.17) is 9.84 Å². The molecule has 2 aromatic rings. The van der Waals surface area contributed by atoms with Gasteiger partial charge in [-0.15, -0.1) is 0 Å². The van der Waals surface area contributed by atoms with E-state index < -0.39 is 18.5 Å². The topological polar surface area (TPSA) is 47.3 Å². The summed E-state index contributed by atoms with van der Waals surface area (Å²) in [5, 5.41) is 12.6. The molecule has 0 saturated carbocycles. The molecule has 0 spiro atoms. The zero-order valence-corrected chi connectivity index (χ0v) is 9.98. The fourth-order valence-corrected chi connectivity index (χ4v) is 1.62. The summed E-state index contributed by atoms with van der Waals surface area (Å²) in [4.78, 5) is 0. The molecule has 2 rings (SSSR count). The number of hydrogen-bond acceptors (Lipinski definition) is 3.